The monoisotopic (exact) mass is 435 g/mol. The first kappa shape index (κ1) is 21.1. The number of anilines is 1. The molecule has 3 rings (SSSR count). The van der Waals surface area contributed by atoms with Gasteiger partial charge in [-0.15, -0.1) is 11.3 Å². The fraction of sp³-hybridized carbons (Fsp3) is 0.350. The number of aromatic nitrogens is 2. The first-order valence-electron chi connectivity index (χ1n) is 9.12. The van der Waals surface area contributed by atoms with Gasteiger partial charge < -0.3 is 14.8 Å². The summed E-state index contributed by atoms with van der Waals surface area (Å²) in [5, 5.41) is 3.68. The van der Waals surface area contributed by atoms with Crippen LogP contribution in [0.25, 0.3) is 10.2 Å². The summed E-state index contributed by atoms with van der Waals surface area (Å²) in [6.45, 7) is 4.44. The van der Waals surface area contributed by atoms with Gasteiger partial charge in [0.25, 0.3) is 11.5 Å². The Kier molecular flexibility index (Phi) is 6.44. The fourth-order valence-corrected chi connectivity index (χ4v) is 4.27. The second kappa shape index (κ2) is 8.84. The van der Waals surface area contributed by atoms with Gasteiger partial charge in [-0.2, -0.15) is 0 Å². The van der Waals surface area contributed by atoms with Crippen LogP contribution in [0.3, 0.4) is 0 Å². The summed E-state index contributed by atoms with van der Waals surface area (Å²) in [5.41, 5.74) is 0.914. The van der Waals surface area contributed by atoms with Crippen molar-refractivity contribution in [2.45, 2.75) is 33.2 Å². The Labute approximate surface area is 177 Å². The molecule has 0 bridgehead atoms. The van der Waals surface area contributed by atoms with Crippen molar-refractivity contribution in [1.82, 2.24) is 9.55 Å². The fourth-order valence-electron chi connectivity index (χ4n) is 3.00. The number of thiophene rings is 1. The van der Waals surface area contributed by atoms with Gasteiger partial charge >= 0.3 is 0 Å². The van der Waals surface area contributed by atoms with Crippen LogP contribution in [0.2, 0.25) is 5.02 Å². The summed E-state index contributed by atoms with van der Waals surface area (Å²) in [5.74, 6) is 0.465. The lowest BCUT2D eigenvalue weighted by Gasteiger charge is -2.13. The quantitative estimate of drug-likeness (QED) is 0.591. The van der Waals surface area contributed by atoms with Gasteiger partial charge in [0.15, 0.2) is 0 Å². The van der Waals surface area contributed by atoms with Crippen LogP contribution >= 0.6 is 22.9 Å². The number of hydrogen-bond acceptors (Lipinski definition) is 6. The highest BCUT2D eigenvalue weighted by Gasteiger charge is 2.21. The number of nitrogens with one attached hydrogen (secondary N) is 1. The van der Waals surface area contributed by atoms with Gasteiger partial charge in [0, 0.05) is 18.7 Å². The first-order chi connectivity index (χ1) is 13.9. The Morgan fingerprint density at radius 3 is 2.66 bits per heavy atom. The molecule has 0 aliphatic carbocycles. The predicted molar refractivity (Wildman–Crippen MR) is 116 cm³/mol. The SMILES string of the molecule is CCCCn1cnc2sc(C(=O)Nc3cc(OC)c(Cl)cc3OC)c(C)c2c1=O. The second-order valence-electron chi connectivity index (χ2n) is 6.47. The van der Waals surface area contributed by atoms with Crippen LogP contribution in [0.15, 0.2) is 23.3 Å². The molecule has 0 fully saturated rings. The van der Waals surface area contributed by atoms with Crippen molar-refractivity contribution in [3.8, 4) is 11.5 Å². The molecule has 0 spiro atoms. The molecule has 2 aromatic heterocycles. The highest BCUT2D eigenvalue weighted by atomic mass is 35.5. The molecule has 9 heteroatoms. The number of unbranched alkanes of at least 4 members (excludes halogenated alkanes) is 1. The molecular weight excluding hydrogens is 414 g/mol. The van der Waals surface area contributed by atoms with Crippen molar-refractivity contribution >= 4 is 44.7 Å². The van der Waals surface area contributed by atoms with E-state index in [1.165, 1.54) is 25.6 Å². The normalized spacial score (nSPS) is 10.9. The van der Waals surface area contributed by atoms with Gasteiger partial charge in [0.2, 0.25) is 0 Å². The van der Waals surface area contributed by atoms with Crippen LogP contribution in [-0.4, -0.2) is 29.7 Å². The molecule has 0 aliphatic heterocycles. The summed E-state index contributed by atoms with van der Waals surface area (Å²) >= 11 is 7.31. The minimum absolute atomic E-state index is 0.123. The van der Waals surface area contributed by atoms with Gasteiger partial charge in [-0.25, -0.2) is 4.98 Å². The molecule has 0 aliphatic rings. The maximum atomic E-state index is 13.0. The summed E-state index contributed by atoms with van der Waals surface area (Å²) in [6, 6.07) is 3.17. The third-order valence-electron chi connectivity index (χ3n) is 4.60. The van der Waals surface area contributed by atoms with Crippen LogP contribution < -0.4 is 20.3 Å². The molecule has 154 valence electrons. The lowest BCUT2D eigenvalue weighted by molar-refractivity contribution is 0.102. The first-order valence-corrected chi connectivity index (χ1v) is 10.3. The van der Waals surface area contributed by atoms with E-state index in [-0.39, 0.29) is 11.5 Å². The van der Waals surface area contributed by atoms with Crippen molar-refractivity contribution in [3.05, 3.63) is 44.3 Å². The maximum Gasteiger partial charge on any atom is 0.266 e. The number of halogens is 1. The molecule has 0 saturated carbocycles. The van der Waals surface area contributed by atoms with Crippen molar-refractivity contribution in [2.24, 2.45) is 0 Å². The molecule has 29 heavy (non-hydrogen) atoms. The van der Waals surface area contributed by atoms with Crippen molar-refractivity contribution in [3.63, 3.8) is 0 Å². The lowest BCUT2D eigenvalue weighted by atomic mass is 10.2. The van der Waals surface area contributed by atoms with E-state index >= 15 is 0 Å². The number of nitrogens with zero attached hydrogens (tertiary/aromatic N) is 2. The number of carbonyl (C=O) groups excluding carboxylic acids is 1. The number of rotatable bonds is 7. The van der Waals surface area contributed by atoms with E-state index in [1.807, 2.05) is 0 Å². The molecule has 0 unspecified atom stereocenters. The average molecular weight is 436 g/mol. The number of aryl methyl sites for hydroxylation is 2. The van der Waals surface area contributed by atoms with E-state index in [9.17, 15) is 9.59 Å². The molecule has 0 radical (unpaired) electrons. The Balaban J connectivity index is 1.99. The number of hydrogen-bond donors (Lipinski definition) is 1. The van der Waals surface area contributed by atoms with E-state index < -0.39 is 0 Å². The van der Waals surface area contributed by atoms with E-state index in [0.29, 0.717) is 49.4 Å². The Morgan fingerprint density at radius 1 is 1.28 bits per heavy atom. The third kappa shape index (κ3) is 4.09. The zero-order chi connectivity index (χ0) is 21.1. The zero-order valence-corrected chi connectivity index (χ0v) is 18.2. The minimum Gasteiger partial charge on any atom is -0.495 e. The maximum absolute atomic E-state index is 13.0. The standard InChI is InChI=1S/C20H22ClN3O4S/c1-5-6-7-24-10-22-19-16(20(24)26)11(2)17(29-19)18(25)23-13-9-14(27-3)12(21)8-15(13)28-4/h8-10H,5-7H2,1-4H3,(H,23,25). The number of ether oxygens (including phenoxy) is 2. The van der Waals surface area contributed by atoms with Gasteiger partial charge in [-0.3, -0.25) is 14.2 Å². The van der Waals surface area contributed by atoms with E-state index in [2.05, 4.69) is 17.2 Å². The third-order valence-corrected chi connectivity index (χ3v) is 6.09. The van der Waals surface area contributed by atoms with Gasteiger partial charge in [-0.05, 0) is 18.9 Å². The van der Waals surface area contributed by atoms with Crippen LogP contribution in [0.1, 0.15) is 35.0 Å². The number of amides is 1. The smallest absolute Gasteiger partial charge is 0.266 e. The van der Waals surface area contributed by atoms with E-state index in [1.54, 1.807) is 30.0 Å². The molecule has 1 aromatic carbocycles. The lowest BCUT2D eigenvalue weighted by Crippen LogP contribution is -2.20. The summed E-state index contributed by atoms with van der Waals surface area (Å²) < 4.78 is 12.1. The Morgan fingerprint density at radius 2 is 2.00 bits per heavy atom. The summed E-state index contributed by atoms with van der Waals surface area (Å²) in [4.78, 5) is 31.1. The Hall–Kier alpha value is -2.58. The molecule has 1 N–H and O–H groups in total. The molecule has 0 atom stereocenters. The van der Waals surface area contributed by atoms with Gasteiger partial charge in [-0.1, -0.05) is 24.9 Å². The van der Waals surface area contributed by atoms with Crippen LogP contribution in [0.5, 0.6) is 11.5 Å². The molecule has 7 nitrogen and oxygen atoms in total. The molecule has 3 aromatic rings. The number of methoxy groups -OCH3 is 2. The largest absolute Gasteiger partial charge is 0.495 e. The van der Waals surface area contributed by atoms with Gasteiger partial charge in [0.1, 0.15) is 16.3 Å². The Bertz CT molecular complexity index is 1120. The highest BCUT2D eigenvalue weighted by molar-refractivity contribution is 7.20. The number of carbonyl (C=O) groups is 1. The van der Waals surface area contributed by atoms with Crippen LogP contribution in [0, 0.1) is 6.92 Å². The van der Waals surface area contributed by atoms with E-state index in [0.717, 1.165) is 12.8 Å². The van der Waals surface area contributed by atoms with E-state index in [4.69, 9.17) is 21.1 Å². The number of benzene rings is 1. The van der Waals surface area contributed by atoms with Crippen molar-refractivity contribution in [1.29, 1.82) is 0 Å². The predicted octanol–water partition coefficient (Wildman–Crippen LogP) is 4.49. The topological polar surface area (TPSA) is 82.5 Å². The highest BCUT2D eigenvalue weighted by Crippen LogP contribution is 2.36. The molecule has 2 heterocycles. The van der Waals surface area contributed by atoms with Crippen molar-refractivity contribution in [2.75, 3.05) is 19.5 Å². The zero-order valence-electron chi connectivity index (χ0n) is 16.7. The van der Waals surface area contributed by atoms with Gasteiger partial charge in [0.05, 0.1) is 41.5 Å². The molecular formula is C20H22ClN3O4S. The number of fused-ring (bicyclic) bond motifs is 1. The summed E-state index contributed by atoms with van der Waals surface area (Å²) in [7, 11) is 2.98. The van der Waals surface area contributed by atoms with Crippen LogP contribution in [-0.2, 0) is 6.54 Å². The molecule has 1 amide bonds. The van der Waals surface area contributed by atoms with Crippen LogP contribution in [0.4, 0.5) is 5.69 Å². The van der Waals surface area contributed by atoms with Crippen molar-refractivity contribution < 1.29 is 14.3 Å². The average Bonchev–Trinajstić information content (AvgIpc) is 3.05. The minimum atomic E-state index is -0.354. The summed E-state index contributed by atoms with van der Waals surface area (Å²) in [6.07, 6.45) is 3.42. The second-order valence-corrected chi connectivity index (χ2v) is 7.88. The molecule has 0 saturated heterocycles.